The van der Waals surface area contributed by atoms with Gasteiger partial charge in [-0.2, -0.15) is 20.0 Å². The summed E-state index contributed by atoms with van der Waals surface area (Å²) in [6.45, 7) is 11.0. The van der Waals surface area contributed by atoms with Gasteiger partial charge in [0.15, 0.2) is 17.2 Å². The van der Waals surface area contributed by atoms with Crippen LogP contribution in [0.3, 0.4) is 0 Å². The van der Waals surface area contributed by atoms with E-state index in [1.807, 2.05) is 0 Å². The van der Waals surface area contributed by atoms with E-state index in [0.29, 0.717) is 17.4 Å². The van der Waals surface area contributed by atoms with Gasteiger partial charge in [0, 0.05) is 36.0 Å². The number of aromatic nitrogens is 4. The molecule has 39 heavy (non-hydrogen) atoms. The molecule has 3 aromatic rings. The van der Waals surface area contributed by atoms with Crippen molar-refractivity contribution in [3.8, 4) is 17.9 Å². The number of halogens is 1. The summed E-state index contributed by atoms with van der Waals surface area (Å²) in [4.78, 5) is 11.1. The molecule has 2 aliphatic rings. The maximum absolute atomic E-state index is 15.4. The molecule has 0 radical (unpaired) electrons. The number of nitrogens with zero attached hydrogens (tertiary/aromatic N) is 7. The molecule has 0 spiro atoms. The first-order valence-electron chi connectivity index (χ1n) is 13.3. The van der Waals surface area contributed by atoms with Crippen LogP contribution < -0.4 is 15.4 Å². The highest BCUT2D eigenvalue weighted by Crippen LogP contribution is 2.43. The van der Waals surface area contributed by atoms with Crippen molar-refractivity contribution >= 4 is 23.1 Å². The normalized spacial score (nSPS) is 22.9. The Morgan fingerprint density at radius 2 is 1.90 bits per heavy atom. The first-order chi connectivity index (χ1) is 18.4. The van der Waals surface area contributed by atoms with Gasteiger partial charge in [-0.3, -0.25) is 4.90 Å². The van der Waals surface area contributed by atoms with Gasteiger partial charge in [-0.1, -0.05) is 13.8 Å². The third-order valence-electron chi connectivity index (χ3n) is 8.41. The standard InChI is InChI=1S/C28H34FN9O/c1-16(2)28(5)12-20(11-27(3,4)37(28)6)39-23-10-21(29)22(9-17(23)13-30)34-26-35-24(33-18-7-8-18)25-32-15-19(14-31)38(25)36-26/h9-10,15-16,18,20H,7-8,11-12H2,1-6H3,(H2,33,34,35,36). The predicted octanol–water partition coefficient (Wildman–Crippen LogP) is 4.99. The monoisotopic (exact) mass is 531 g/mol. The van der Waals surface area contributed by atoms with E-state index < -0.39 is 5.82 Å². The minimum absolute atomic E-state index is 0.0324. The van der Waals surface area contributed by atoms with Crippen molar-refractivity contribution in [3.05, 3.63) is 35.4 Å². The molecule has 2 fully saturated rings. The van der Waals surface area contributed by atoms with Crippen LogP contribution in [0.4, 0.5) is 21.8 Å². The molecule has 2 aromatic heterocycles. The number of hydrogen-bond acceptors (Lipinski definition) is 9. The van der Waals surface area contributed by atoms with E-state index in [9.17, 15) is 10.5 Å². The number of likely N-dealkylation sites (tertiary alicyclic amines) is 1. The SMILES string of the molecule is CC(C)C1(C)CC(Oc2cc(F)c(Nc3nc(NC4CC4)c4ncc(C#N)n4n3)cc2C#N)CC(C)(C)N1C. The fourth-order valence-electron chi connectivity index (χ4n) is 5.43. The molecule has 0 bridgehead atoms. The van der Waals surface area contributed by atoms with Crippen LogP contribution in [0.15, 0.2) is 18.3 Å². The molecule has 2 atom stereocenters. The van der Waals surface area contributed by atoms with Gasteiger partial charge in [0.25, 0.3) is 0 Å². The molecule has 204 valence electrons. The van der Waals surface area contributed by atoms with E-state index in [-0.39, 0.29) is 51.9 Å². The van der Waals surface area contributed by atoms with Gasteiger partial charge >= 0.3 is 0 Å². The van der Waals surface area contributed by atoms with Crippen LogP contribution in [0, 0.1) is 34.4 Å². The Balaban J connectivity index is 1.44. The van der Waals surface area contributed by atoms with Crippen LogP contribution in [0.5, 0.6) is 5.75 Å². The minimum Gasteiger partial charge on any atom is -0.489 e. The fraction of sp³-hybridized carbons (Fsp3) is 0.536. The number of fused-ring (bicyclic) bond motifs is 1. The first-order valence-corrected chi connectivity index (χ1v) is 13.3. The summed E-state index contributed by atoms with van der Waals surface area (Å²) in [5.74, 6) is 0.512. The molecule has 1 aliphatic heterocycles. The average Bonchev–Trinajstić information content (AvgIpc) is 3.59. The number of benzene rings is 1. The second-order valence-electron chi connectivity index (χ2n) is 11.8. The third-order valence-corrected chi connectivity index (χ3v) is 8.41. The molecule has 0 amide bonds. The number of ether oxygens (including phenoxy) is 1. The van der Waals surface area contributed by atoms with Crippen molar-refractivity contribution in [2.75, 3.05) is 17.7 Å². The molecule has 3 heterocycles. The molecule has 10 nitrogen and oxygen atoms in total. The Kier molecular flexibility index (Phi) is 6.59. The van der Waals surface area contributed by atoms with Gasteiger partial charge in [0.2, 0.25) is 5.95 Å². The summed E-state index contributed by atoms with van der Waals surface area (Å²) in [7, 11) is 2.14. The molecule has 1 aliphatic carbocycles. The summed E-state index contributed by atoms with van der Waals surface area (Å²) < 4.78 is 23.1. The number of piperidine rings is 1. The molecule has 1 saturated heterocycles. The number of rotatable bonds is 7. The van der Waals surface area contributed by atoms with E-state index in [2.05, 4.69) is 84.4 Å². The highest BCUT2D eigenvalue weighted by molar-refractivity contribution is 5.68. The summed E-state index contributed by atoms with van der Waals surface area (Å²) in [6.07, 6.45) is 4.76. The van der Waals surface area contributed by atoms with E-state index >= 15 is 4.39 Å². The second kappa shape index (κ2) is 9.65. The lowest BCUT2D eigenvalue weighted by Crippen LogP contribution is -2.64. The van der Waals surface area contributed by atoms with Crippen LogP contribution in [0.2, 0.25) is 0 Å². The van der Waals surface area contributed by atoms with Gasteiger partial charge in [-0.05, 0) is 52.6 Å². The van der Waals surface area contributed by atoms with E-state index in [4.69, 9.17) is 4.74 Å². The quantitative estimate of drug-likeness (QED) is 0.433. The molecule has 1 saturated carbocycles. The Morgan fingerprint density at radius 3 is 2.54 bits per heavy atom. The van der Waals surface area contributed by atoms with Gasteiger partial charge in [-0.15, -0.1) is 5.10 Å². The largest absolute Gasteiger partial charge is 0.489 e. The zero-order valence-electron chi connectivity index (χ0n) is 23.2. The van der Waals surface area contributed by atoms with Crippen molar-refractivity contribution < 1.29 is 9.13 Å². The summed E-state index contributed by atoms with van der Waals surface area (Å²) in [5, 5.41) is 29.9. The highest BCUT2D eigenvalue weighted by atomic mass is 19.1. The minimum atomic E-state index is -0.602. The Hall–Kier alpha value is -3.96. The van der Waals surface area contributed by atoms with Gasteiger partial charge in [0.1, 0.15) is 29.8 Å². The molecule has 11 heteroatoms. The van der Waals surface area contributed by atoms with E-state index in [1.165, 1.54) is 22.8 Å². The van der Waals surface area contributed by atoms with Crippen molar-refractivity contribution in [1.82, 2.24) is 24.5 Å². The molecule has 2 N–H and O–H groups in total. The first kappa shape index (κ1) is 26.6. The molecular weight excluding hydrogens is 497 g/mol. The molecule has 1 aromatic carbocycles. The van der Waals surface area contributed by atoms with E-state index in [0.717, 1.165) is 25.7 Å². The second-order valence-corrected chi connectivity index (χ2v) is 11.8. The topological polar surface area (TPSA) is 127 Å². The van der Waals surface area contributed by atoms with Gasteiger partial charge in [0.05, 0.1) is 17.4 Å². The lowest BCUT2D eigenvalue weighted by atomic mass is 9.72. The molecule has 2 unspecified atom stereocenters. The van der Waals surface area contributed by atoms with Crippen molar-refractivity contribution in [1.29, 1.82) is 10.5 Å². The number of nitrogens with one attached hydrogen (secondary N) is 2. The van der Waals surface area contributed by atoms with E-state index in [1.54, 1.807) is 0 Å². The number of hydrogen-bond donors (Lipinski definition) is 2. The lowest BCUT2D eigenvalue weighted by molar-refractivity contribution is -0.0851. The zero-order valence-corrected chi connectivity index (χ0v) is 23.2. The highest BCUT2D eigenvalue weighted by Gasteiger charge is 2.48. The molecular formula is C28H34FN9O. The number of nitriles is 2. The maximum Gasteiger partial charge on any atom is 0.247 e. The Morgan fingerprint density at radius 1 is 1.15 bits per heavy atom. The lowest BCUT2D eigenvalue weighted by Gasteiger charge is -2.56. The third kappa shape index (κ3) is 4.95. The fourth-order valence-corrected chi connectivity index (χ4v) is 5.43. The van der Waals surface area contributed by atoms with Crippen LogP contribution in [0.1, 0.15) is 71.6 Å². The summed E-state index contributed by atoms with van der Waals surface area (Å²) in [6, 6.07) is 7.14. The van der Waals surface area contributed by atoms with Crippen molar-refractivity contribution in [2.24, 2.45) is 5.92 Å². The van der Waals surface area contributed by atoms with Crippen LogP contribution in [0.25, 0.3) is 5.65 Å². The number of anilines is 3. The van der Waals surface area contributed by atoms with Gasteiger partial charge < -0.3 is 15.4 Å². The van der Waals surface area contributed by atoms with Crippen molar-refractivity contribution in [3.63, 3.8) is 0 Å². The predicted molar refractivity (Wildman–Crippen MR) is 145 cm³/mol. The average molecular weight is 532 g/mol. The smallest absolute Gasteiger partial charge is 0.247 e. The van der Waals surface area contributed by atoms with Crippen LogP contribution >= 0.6 is 0 Å². The Labute approximate surface area is 227 Å². The summed E-state index contributed by atoms with van der Waals surface area (Å²) >= 11 is 0. The van der Waals surface area contributed by atoms with Crippen molar-refractivity contribution in [2.45, 2.75) is 83.5 Å². The summed E-state index contributed by atoms with van der Waals surface area (Å²) in [5.41, 5.74) is 0.638. The zero-order chi connectivity index (χ0) is 28.1. The maximum atomic E-state index is 15.4. The van der Waals surface area contributed by atoms with Crippen LogP contribution in [-0.4, -0.2) is 54.8 Å². The number of imidazole rings is 1. The Bertz CT molecular complexity index is 1500. The van der Waals surface area contributed by atoms with Crippen LogP contribution in [-0.2, 0) is 0 Å². The van der Waals surface area contributed by atoms with Gasteiger partial charge in [-0.25, -0.2) is 9.37 Å². The molecule has 5 rings (SSSR count).